The highest BCUT2D eigenvalue weighted by molar-refractivity contribution is 7.89. The molecule has 0 aliphatic heterocycles. The first-order valence-corrected chi connectivity index (χ1v) is 7.62. The summed E-state index contributed by atoms with van der Waals surface area (Å²) in [4.78, 5) is 0.0380. The van der Waals surface area contributed by atoms with E-state index in [4.69, 9.17) is 15.6 Å². The molecule has 1 unspecified atom stereocenters. The van der Waals surface area contributed by atoms with Gasteiger partial charge in [0.2, 0.25) is 10.0 Å². The van der Waals surface area contributed by atoms with E-state index in [0.29, 0.717) is 18.7 Å². The Hall–Kier alpha value is -1.35. The molecule has 0 saturated carbocycles. The Kier molecular flexibility index (Phi) is 6.21. The standard InChI is InChI=1S/C12H21N3O4S/c1-14-20(17,18)12-4-3-9(7-11(12)13)15-10(5-6-16)8-19-2/h3-4,7,10,14-16H,5-6,8,13H2,1-2H3. The minimum Gasteiger partial charge on any atom is -0.398 e. The van der Waals surface area contributed by atoms with Crippen molar-refractivity contribution in [3.05, 3.63) is 18.2 Å². The summed E-state index contributed by atoms with van der Waals surface area (Å²) in [5.74, 6) is 0. The molecule has 7 nitrogen and oxygen atoms in total. The molecule has 0 amide bonds. The zero-order valence-electron chi connectivity index (χ0n) is 11.6. The minimum atomic E-state index is -3.56. The van der Waals surface area contributed by atoms with Crippen molar-refractivity contribution in [2.24, 2.45) is 0 Å². The van der Waals surface area contributed by atoms with Crippen LogP contribution in [0.3, 0.4) is 0 Å². The number of benzene rings is 1. The second-order valence-electron chi connectivity index (χ2n) is 4.27. The molecule has 20 heavy (non-hydrogen) atoms. The molecular weight excluding hydrogens is 282 g/mol. The summed E-state index contributed by atoms with van der Waals surface area (Å²) in [6, 6.07) is 4.54. The van der Waals surface area contributed by atoms with E-state index in [1.165, 1.54) is 13.1 Å². The average molecular weight is 303 g/mol. The number of aliphatic hydroxyl groups excluding tert-OH is 1. The predicted octanol–water partition coefficient (Wildman–Crippen LogP) is -0.0138. The first-order valence-electron chi connectivity index (χ1n) is 6.14. The van der Waals surface area contributed by atoms with Gasteiger partial charge in [-0.15, -0.1) is 0 Å². The Morgan fingerprint density at radius 3 is 2.65 bits per heavy atom. The molecule has 0 aliphatic rings. The molecule has 8 heteroatoms. The average Bonchev–Trinajstić information content (AvgIpc) is 2.39. The monoisotopic (exact) mass is 303 g/mol. The highest BCUT2D eigenvalue weighted by Gasteiger charge is 2.16. The summed E-state index contributed by atoms with van der Waals surface area (Å²) in [6.07, 6.45) is 0.518. The van der Waals surface area contributed by atoms with Crippen molar-refractivity contribution in [3.63, 3.8) is 0 Å². The van der Waals surface area contributed by atoms with Gasteiger partial charge in [-0.05, 0) is 31.7 Å². The second kappa shape index (κ2) is 7.44. The van der Waals surface area contributed by atoms with E-state index in [9.17, 15) is 8.42 Å². The Morgan fingerprint density at radius 1 is 1.45 bits per heavy atom. The molecule has 0 fully saturated rings. The van der Waals surface area contributed by atoms with Gasteiger partial charge in [0.1, 0.15) is 4.90 Å². The molecule has 1 rings (SSSR count). The van der Waals surface area contributed by atoms with Gasteiger partial charge in [0, 0.05) is 19.4 Å². The van der Waals surface area contributed by atoms with Crippen molar-refractivity contribution < 1.29 is 18.3 Å². The van der Waals surface area contributed by atoms with Gasteiger partial charge in [-0.25, -0.2) is 13.1 Å². The SMILES string of the molecule is CNS(=O)(=O)c1ccc(NC(CCO)COC)cc1N. The summed E-state index contributed by atoms with van der Waals surface area (Å²) < 4.78 is 30.7. The van der Waals surface area contributed by atoms with Gasteiger partial charge < -0.3 is 20.9 Å². The van der Waals surface area contributed by atoms with Crippen LogP contribution < -0.4 is 15.8 Å². The van der Waals surface area contributed by atoms with Crippen molar-refractivity contribution in [2.45, 2.75) is 17.4 Å². The molecule has 0 spiro atoms. The van der Waals surface area contributed by atoms with Crippen LogP contribution >= 0.6 is 0 Å². The number of hydrogen-bond acceptors (Lipinski definition) is 6. The normalized spacial score (nSPS) is 13.2. The lowest BCUT2D eigenvalue weighted by Gasteiger charge is -2.19. The molecule has 0 bridgehead atoms. The van der Waals surface area contributed by atoms with Crippen LogP contribution in [0.5, 0.6) is 0 Å². The fourth-order valence-electron chi connectivity index (χ4n) is 1.78. The fraction of sp³-hybridized carbons (Fsp3) is 0.500. The zero-order valence-corrected chi connectivity index (χ0v) is 12.4. The van der Waals surface area contributed by atoms with Gasteiger partial charge in [-0.2, -0.15) is 0 Å². The van der Waals surface area contributed by atoms with Crippen LogP contribution in [0.25, 0.3) is 0 Å². The van der Waals surface area contributed by atoms with E-state index in [-0.39, 0.29) is 23.2 Å². The number of aliphatic hydroxyl groups is 1. The third kappa shape index (κ3) is 4.34. The van der Waals surface area contributed by atoms with Crippen LogP contribution in [0, 0.1) is 0 Å². The van der Waals surface area contributed by atoms with E-state index in [2.05, 4.69) is 10.0 Å². The van der Waals surface area contributed by atoms with Crippen LogP contribution in [-0.2, 0) is 14.8 Å². The summed E-state index contributed by atoms with van der Waals surface area (Å²) in [5.41, 5.74) is 6.60. The maximum absolute atomic E-state index is 11.7. The molecule has 0 radical (unpaired) electrons. The summed E-state index contributed by atoms with van der Waals surface area (Å²) in [6.45, 7) is 0.458. The lowest BCUT2D eigenvalue weighted by molar-refractivity contribution is 0.170. The van der Waals surface area contributed by atoms with Gasteiger partial charge in [-0.3, -0.25) is 0 Å². The van der Waals surface area contributed by atoms with Crippen LogP contribution in [0.4, 0.5) is 11.4 Å². The minimum absolute atomic E-state index is 0.0305. The molecule has 1 aromatic rings. The van der Waals surface area contributed by atoms with Crippen molar-refractivity contribution in [1.82, 2.24) is 4.72 Å². The molecule has 0 heterocycles. The molecule has 0 aliphatic carbocycles. The maximum atomic E-state index is 11.7. The number of methoxy groups -OCH3 is 1. The van der Waals surface area contributed by atoms with Crippen LogP contribution in [0.2, 0.25) is 0 Å². The maximum Gasteiger partial charge on any atom is 0.242 e. The van der Waals surface area contributed by atoms with Gasteiger partial charge in [-0.1, -0.05) is 0 Å². The predicted molar refractivity (Wildman–Crippen MR) is 78.1 cm³/mol. The highest BCUT2D eigenvalue weighted by Crippen LogP contribution is 2.23. The van der Waals surface area contributed by atoms with E-state index in [0.717, 1.165) is 0 Å². The van der Waals surface area contributed by atoms with Crippen molar-refractivity contribution in [2.75, 3.05) is 38.4 Å². The van der Waals surface area contributed by atoms with Crippen molar-refractivity contribution in [1.29, 1.82) is 0 Å². The van der Waals surface area contributed by atoms with Gasteiger partial charge in [0.15, 0.2) is 0 Å². The van der Waals surface area contributed by atoms with Gasteiger partial charge >= 0.3 is 0 Å². The molecule has 5 N–H and O–H groups in total. The zero-order chi connectivity index (χ0) is 15.2. The van der Waals surface area contributed by atoms with E-state index < -0.39 is 10.0 Å². The number of ether oxygens (including phenoxy) is 1. The van der Waals surface area contributed by atoms with E-state index in [1.54, 1.807) is 19.2 Å². The second-order valence-corrected chi connectivity index (χ2v) is 6.12. The number of nitrogen functional groups attached to an aromatic ring is 1. The first kappa shape index (κ1) is 16.7. The van der Waals surface area contributed by atoms with Crippen LogP contribution in [0.15, 0.2) is 23.1 Å². The molecule has 1 aromatic carbocycles. The smallest absolute Gasteiger partial charge is 0.242 e. The summed E-state index contributed by atoms with van der Waals surface area (Å²) in [7, 11) is -0.659. The summed E-state index contributed by atoms with van der Waals surface area (Å²) >= 11 is 0. The van der Waals surface area contributed by atoms with Crippen molar-refractivity contribution in [3.8, 4) is 0 Å². The number of nitrogens with two attached hydrogens (primary N) is 1. The van der Waals surface area contributed by atoms with Crippen molar-refractivity contribution >= 4 is 21.4 Å². The van der Waals surface area contributed by atoms with Gasteiger partial charge in [0.05, 0.1) is 18.3 Å². The number of hydrogen-bond donors (Lipinski definition) is 4. The molecule has 0 aromatic heterocycles. The Labute approximate surface area is 119 Å². The number of rotatable bonds is 8. The lowest BCUT2D eigenvalue weighted by atomic mass is 10.2. The third-order valence-electron chi connectivity index (χ3n) is 2.78. The molecule has 114 valence electrons. The Morgan fingerprint density at radius 2 is 2.15 bits per heavy atom. The number of anilines is 2. The van der Waals surface area contributed by atoms with Crippen LogP contribution in [-0.4, -0.2) is 46.9 Å². The molecule has 0 saturated heterocycles. The molecule has 1 atom stereocenters. The Bertz CT molecular complexity index is 528. The number of nitrogens with one attached hydrogen (secondary N) is 2. The van der Waals surface area contributed by atoms with E-state index in [1.807, 2.05) is 0 Å². The van der Waals surface area contributed by atoms with Crippen LogP contribution in [0.1, 0.15) is 6.42 Å². The topological polar surface area (TPSA) is 114 Å². The third-order valence-corrected chi connectivity index (χ3v) is 4.27. The lowest BCUT2D eigenvalue weighted by Crippen LogP contribution is -2.26. The summed E-state index contributed by atoms with van der Waals surface area (Å²) in [5, 5.41) is 12.1. The highest BCUT2D eigenvalue weighted by atomic mass is 32.2. The quantitative estimate of drug-likeness (QED) is 0.502. The van der Waals surface area contributed by atoms with Gasteiger partial charge in [0.25, 0.3) is 0 Å². The van der Waals surface area contributed by atoms with E-state index >= 15 is 0 Å². The number of sulfonamides is 1. The fourth-order valence-corrected chi connectivity index (χ4v) is 2.62. The molecular formula is C12H21N3O4S. The first-order chi connectivity index (χ1) is 9.44. The Balaban J connectivity index is 2.92. The largest absolute Gasteiger partial charge is 0.398 e.